The lowest BCUT2D eigenvalue weighted by molar-refractivity contribution is 0.354. The summed E-state index contributed by atoms with van der Waals surface area (Å²) in [6, 6.07) is 12.2. The average molecular weight is 284 g/mol. The van der Waals surface area contributed by atoms with E-state index in [0.717, 1.165) is 11.8 Å². The summed E-state index contributed by atoms with van der Waals surface area (Å²) in [7, 11) is 0. The van der Waals surface area contributed by atoms with Crippen molar-refractivity contribution in [1.29, 1.82) is 0 Å². The molecule has 6 heteroatoms. The Morgan fingerprint density at radius 3 is 2.67 bits per heavy atom. The number of hydrogen-bond donors (Lipinski definition) is 1. The van der Waals surface area contributed by atoms with Gasteiger partial charge in [-0.05, 0) is 24.1 Å². The first-order chi connectivity index (χ1) is 10.2. The van der Waals surface area contributed by atoms with E-state index in [2.05, 4.69) is 15.1 Å². The summed E-state index contributed by atoms with van der Waals surface area (Å²) in [4.78, 5) is 8.12. The Bertz CT molecular complexity index is 712. The first kappa shape index (κ1) is 13.4. The van der Waals surface area contributed by atoms with Crippen molar-refractivity contribution in [3.8, 4) is 11.5 Å². The van der Waals surface area contributed by atoms with Gasteiger partial charge in [0.1, 0.15) is 11.5 Å². The summed E-state index contributed by atoms with van der Waals surface area (Å²) in [5, 5.41) is 3.83. The fourth-order valence-electron chi connectivity index (χ4n) is 1.95. The lowest BCUT2D eigenvalue weighted by atomic mass is 10.1. The molecule has 3 aromatic rings. The van der Waals surface area contributed by atoms with E-state index in [1.807, 2.05) is 30.3 Å². The Morgan fingerprint density at radius 1 is 1.14 bits per heavy atom. The predicted molar refractivity (Wildman–Crippen MR) is 74.6 cm³/mol. The van der Waals surface area contributed by atoms with E-state index in [1.165, 1.54) is 12.1 Å². The molecule has 1 atom stereocenters. The maximum Gasteiger partial charge on any atom is 0.244 e. The molecule has 0 spiro atoms. The van der Waals surface area contributed by atoms with Gasteiger partial charge in [-0.1, -0.05) is 35.5 Å². The highest BCUT2D eigenvalue weighted by molar-refractivity contribution is 5.47. The molecule has 2 aromatic heterocycles. The maximum absolute atomic E-state index is 12.8. The molecule has 2 N–H and O–H groups in total. The summed E-state index contributed by atoms with van der Waals surface area (Å²) >= 11 is 0. The second-order valence-corrected chi connectivity index (χ2v) is 4.61. The number of rotatable bonds is 4. The van der Waals surface area contributed by atoms with Gasteiger partial charge in [0.15, 0.2) is 0 Å². The van der Waals surface area contributed by atoms with Crippen LogP contribution in [0, 0.1) is 5.82 Å². The van der Waals surface area contributed by atoms with Gasteiger partial charge in [-0.25, -0.2) is 9.37 Å². The maximum atomic E-state index is 12.8. The monoisotopic (exact) mass is 284 g/mol. The first-order valence-corrected chi connectivity index (χ1v) is 6.47. The van der Waals surface area contributed by atoms with E-state index in [9.17, 15) is 4.39 Å². The van der Waals surface area contributed by atoms with Gasteiger partial charge in [0, 0.05) is 0 Å². The molecule has 0 aliphatic rings. The Balaban J connectivity index is 1.76. The van der Waals surface area contributed by atoms with Gasteiger partial charge < -0.3 is 10.3 Å². The van der Waals surface area contributed by atoms with E-state index in [1.54, 1.807) is 0 Å². The highest BCUT2D eigenvalue weighted by Gasteiger charge is 2.16. The standard InChI is InChI=1S/C15H13FN4O/c16-11-6-7-13(18-9-11)14-19-15(21-20-14)12(17)8-10-4-2-1-3-5-10/h1-7,9,12H,8,17H2/t12-/m1/s1. The van der Waals surface area contributed by atoms with Crippen LogP contribution >= 0.6 is 0 Å². The molecule has 0 amide bonds. The summed E-state index contributed by atoms with van der Waals surface area (Å²) in [5.41, 5.74) is 7.60. The second kappa shape index (κ2) is 5.80. The van der Waals surface area contributed by atoms with Crippen molar-refractivity contribution < 1.29 is 8.91 Å². The van der Waals surface area contributed by atoms with Gasteiger partial charge in [-0.15, -0.1) is 0 Å². The zero-order valence-corrected chi connectivity index (χ0v) is 11.1. The number of hydrogen-bond acceptors (Lipinski definition) is 5. The molecular weight excluding hydrogens is 271 g/mol. The molecule has 0 bridgehead atoms. The Labute approximate surface area is 120 Å². The zero-order valence-electron chi connectivity index (χ0n) is 11.1. The highest BCUT2D eigenvalue weighted by atomic mass is 19.1. The molecule has 21 heavy (non-hydrogen) atoms. The summed E-state index contributed by atoms with van der Waals surface area (Å²) < 4.78 is 18.0. The third-order valence-electron chi connectivity index (χ3n) is 3.01. The molecular formula is C15H13FN4O. The number of halogens is 1. The summed E-state index contributed by atoms with van der Waals surface area (Å²) in [6.45, 7) is 0. The minimum Gasteiger partial charge on any atom is -0.337 e. The second-order valence-electron chi connectivity index (χ2n) is 4.61. The normalized spacial score (nSPS) is 12.3. The largest absolute Gasteiger partial charge is 0.337 e. The topological polar surface area (TPSA) is 77.8 Å². The van der Waals surface area contributed by atoms with Crippen LogP contribution in [0.25, 0.3) is 11.5 Å². The molecule has 0 fully saturated rings. The smallest absolute Gasteiger partial charge is 0.244 e. The van der Waals surface area contributed by atoms with Gasteiger partial charge in [0.25, 0.3) is 0 Å². The molecule has 106 valence electrons. The molecule has 0 saturated carbocycles. The van der Waals surface area contributed by atoms with Crippen molar-refractivity contribution in [1.82, 2.24) is 15.1 Å². The summed E-state index contributed by atoms with van der Waals surface area (Å²) in [5.74, 6) is 0.219. The van der Waals surface area contributed by atoms with Gasteiger partial charge in [-0.3, -0.25) is 0 Å². The van der Waals surface area contributed by atoms with Crippen LogP contribution in [0.15, 0.2) is 53.2 Å². The molecule has 5 nitrogen and oxygen atoms in total. The molecule has 2 heterocycles. The van der Waals surface area contributed by atoms with Crippen molar-refractivity contribution in [3.05, 3.63) is 65.9 Å². The number of nitrogens with zero attached hydrogens (tertiary/aromatic N) is 3. The van der Waals surface area contributed by atoms with Crippen molar-refractivity contribution in [2.75, 3.05) is 0 Å². The molecule has 0 unspecified atom stereocenters. The highest BCUT2D eigenvalue weighted by Crippen LogP contribution is 2.18. The predicted octanol–water partition coefficient (Wildman–Crippen LogP) is 2.51. The van der Waals surface area contributed by atoms with E-state index in [-0.39, 0.29) is 0 Å². The number of nitrogens with two attached hydrogens (primary N) is 1. The van der Waals surface area contributed by atoms with Crippen molar-refractivity contribution in [2.45, 2.75) is 12.5 Å². The van der Waals surface area contributed by atoms with Crippen LogP contribution in [0.3, 0.4) is 0 Å². The van der Waals surface area contributed by atoms with Crippen LogP contribution in [0.5, 0.6) is 0 Å². The number of aromatic nitrogens is 3. The van der Waals surface area contributed by atoms with Gasteiger partial charge in [0.2, 0.25) is 11.7 Å². The van der Waals surface area contributed by atoms with Crippen LogP contribution in [0.1, 0.15) is 17.5 Å². The van der Waals surface area contributed by atoms with Gasteiger partial charge in [0.05, 0.1) is 12.2 Å². The minimum atomic E-state index is -0.414. The van der Waals surface area contributed by atoms with Crippen molar-refractivity contribution in [3.63, 3.8) is 0 Å². The molecule has 0 aliphatic carbocycles. The fraction of sp³-hybridized carbons (Fsp3) is 0.133. The zero-order chi connectivity index (χ0) is 14.7. The Kier molecular flexibility index (Phi) is 3.70. The molecule has 0 radical (unpaired) electrons. The van der Waals surface area contributed by atoms with Crippen LogP contribution in [-0.4, -0.2) is 15.1 Å². The third-order valence-corrected chi connectivity index (χ3v) is 3.01. The third kappa shape index (κ3) is 3.11. The van der Waals surface area contributed by atoms with Crippen LogP contribution < -0.4 is 5.73 Å². The van der Waals surface area contributed by atoms with E-state index in [4.69, 9.17) is 10.3 Å². The van der Waals surface area contributed by atoms with Crippen molar-refractivity contribution >= 4 is 0 Å². The molecule has 0 aliphatic heterocycles. The first-order valence-electron chi connectivity index (χ1n) is 6.47. The Morgan fingerprint density at radius 2 is 1.95 bits per heavy atom. The molecule has 0 saturated heterocycles. The quantitative estimate of drug-likeness (QED) is 0.796. The number of benzene rings is 1. The SMILES string of the molecule is N[C@H](Cc1ccccc1)c1nc(-c2ccc(F)cn2)no1. The van der Waals surface area contributed by atoms with Crippen LogP contribution in [-0.2, 0) is 6.42 Å². The Hall–Kier alpha value is -2.60. The minimum absolute atomic E-state index is 0.300. The molecule has 1 aromatic carbocycles. The lowest BCUT2D eigenvalue weighted by Crippen LogP contribution is -2.13. The van der Waals surface area contributed by atoms with E-state index in [0.29, 0.717) is 23.8 Å². The van der Waals surface area contributed by atoms with Gasteiger partial charge >= 0.3 is 0 Å². The average Bonchev–Trinajstić information content (AvgIpc) is 2.99. The van der Waals surface area contributed by atoms with Crippen molar-refractivity contribution in [2.24, 2.45) is 5.73 Å². The van der Waals surface area contributed by atoms with Crippen LogP contribution in [0.4, 0.5) is 4.39 Å². The van der Waals surface area contributed by atoms with Gasteiger partial charge in [-0.2, -0.15) is 4.98 Å². The molecule has 3 rings (SSSR count). The summed E-state index contributed by atoms with van der Waals surface area (Å²) in [6.07, 6.45) is 1.70. The van der Waals surface area contributed by atoms with E-state index >= 15 is 0 Å². The lowest BCUT2D eigenvalue weighted by Gasteiger charge is -2.05. The van der Waals surface area contributed by atoms with E-state index < -0.39 is 11.9 Å². The number of pyridine rings is 1. The van der Waals surface area contributed by atoms with Crippen LogP contribution in [0.2, 0.25) is 0 Å². The fourth-order valence-corrected chi connectivity index (χ4v) is 1.95.